The number of nitrogens with zero attached hydrogens (tertiary/aromatic N) is 2. The van der Waals surface area contributed by atoms with Crippen molar-refractivity contribution >= 4 is 0 Å². The molecule has 2 N–H and O–H groups in total. The normalized spacial score (nSPS) is 12.8. The molecule has 0 aliphatic rings. The number of hydrogen-bond donors (Lipinski definition) is 1. The Labute approximate surface area is 118 Å². The fraction of sp³-hybridized carbons (Fsp3) is 0.812. The van der Waals surface area contributed by atoms with Gasteiger partial charge in [-0.15, -0.1) is 0 Å². The first-order chi connectivity index (χ1) is 9.15. The standard InChI is InChI=1S/C16H31N3/c1-4-5-6-7-8-9-10-11-12-16(17)15-13-19(3)18-14(15)2/h13,16H,4-12,17H2,1-3H3. The number of nitrogens with two attached hydrogens (primary N) is 1. The molecule has 0 saturated carbocycles. The van der Waals surface area contributed by atoms with Crippen LogP contribution >= 0.6 is 0 Å². The van der Waals surface area contributed by atoms with Gasteiger partial charge in [0.2, 0.25) is 0 Å². The molecule has 1 unspecified atom stereocenters. The molecular weight excluding hydrogens is 234 g/mol. The molecule has 0 amide bonds. The van der Waals surface area contributed by atoms with Gasteiger partial charge in [-0.05, 0) is 13.3 Å². The molecule has 1 aromatic rings. The number of rotatable bonds is 10. The first-order valence-corrected chi connectivity index (χ1v) is 7.91. The first-order valence-electron chi connectivity index (χ1n) is 7.91. The fourth-order valence-corrected chi connectivity index (χ4v) is 2.64. The highest BCUT2D eigenvalue weighted by atomic mass is 15.2. The quantitative estimate of drug-likeness (QED) is 0.642. The van der Waals surface area contributed by atoms with Gasteiger partial charge in [0.05, 0.1) is 5.69 Å². The molecule has 3 heteroatoms. The second-order valence-electron chi connectivity index (χ2n) is 5.71. The summed E-state index contributed by atoms with van der Waals surface area (Å²) in [4.78, 5) is 0. The van der Waals surface area contributed by atoms with Gasteiger partial charge in [0.1, 0.15) is 0 Å². The predicted octanol–water partition coefficient (Wildman–Crippen LogP) is 4.26. The minimum absolute atomic E-state index is 0.161. The summed E-state index contributed by atoms with van der Waals surface area (Å²) < 4.78 is 1.86. The summed E-state index contributed by atoms with van der Waals surface area (Å²) in [5.41, 5.74) is 8.53. The van der Waals surface area contributed by atoms with Crippen LogP contribution in [-0.4, -0.2) is 9.78 Å². The zero-order valence-corrected chi connectivity index (χ0v) is 13.0. The first kappa shape index (κ1) is 16.2. The van der Waals surface area contributed by atoms with Crippen LogP contribution < -0.4 is 5.73 Å². The Kier molecular flexibility index (Phi) is 7.80. The molecule has 0 aromatic carbocycles. The third kappa shape index (κ3) is 6.24. The van der Waals surface area contributed by atoms with Crippen LogP contribution in [0.4, 0.5) is 0 Å². The maximum Gasteiger partial charge on any atom is 0.0641 e. The molecular formula is C16H31N3. The molecule has 0 bridgehead atoms. The highest BCUT2D eigenvalue weighted by molar-refractivity contribution is 5.19. The van der Waals surface area contributed by atoms with E-state index in [4.69, 9.17) is 5.73 Å². The lowest BCUT2D eigenvalue weighted by atomic mass is 10.0. The van der Waals surface area contributed by atoms with Gasteiger partial charge in [-0.2, -0.15) is 5.10 Å². The van der Waals surface area contributed by atoms with Crippen molar-refractivity contribution in [1.29, 1.82) is 0 Å². The van der Waals surface area contributed by atoms with Crippen LogP contribution in [0.25, 0.3) is 0 Å². The molecule has 110 valence electrons. The SMILES string of the molecule is CCCCCCCCCCC(N)c1cn(C)nc1C. The molecule has 1 rings (SSSR count). The van der Waals surface area contributed by atoms with Crippen molar-refractivity contribution in [3.8, 4) is 0 Å². The zero-order valence-electron chi connectivity index (χ0n) is 13.0. The van der Waals surface area contributed by atoms with Crippen molar-refractivity contribution in [1.82, 2.24) is 9.78 Å². The van der Waals surface area contributed by atoms with E-state index in [9.17, 15) is 0 Å². The van der Waals surface area contributed by atoms with E-state index in [-0.39, 0.29) is 6.04 Å². The smallest absolute Gasteiger partial charge is 0.0641 e. The van der Waals surface area contributed by atoms with Crippen molar-refractivity contribution in [2.24, 2.45) is 12.8 Å². The van der Waals surface area contributed by atoms with E-state index in [1.165, 1.54) is 56.9 Å². The van der Waals surface area contributed by atoms with Crippen LogP contribution in [0, 0.1) is 6.92 Å². The van der Waals surface area contributed by atoms with E-state index in [2.05, 4.69) is 18.2 Å². The summed E-state index contributed by atoms with van der Waals surface area (Å²) in [6, 6.07) is 0.161. The predicted molar refractivity (Wildman–Crippen MR) is 82.1 cm³/mol. The Morgan fingerprint density at radius 1 is 1.11 bits per heavy atom. The molecule has 0 spiro atoms. The van der Waals surface area contributed by atoms with Crippen molar-refractivity contribution < 1.29 is 0 Å². The second kappa shape index (κ2) is 9.13. The highest BCUT2D eigenvalue weighted by Crippen LogP contribution is 2.20. The van der Waals surface area contributed by atoms with Gasteiger partial charge >= 0.3 is 0 Å². The molecule has 0 aliphatic heterocycles. The Morgan fingerprint density at radius 3 is 2.21 bits per heavy atom. The van der Waals surface area contributed by atoms with Crippen molar-refractivity contribution in [3.63, 3.8) is 0 Å². The summed E-state index contributed by atoms with van der Waals surface area (Å²) in [5, 5.41) is 4.36. The van der Waals surface area contributed by atoms with Gasteiger partial charge in [-0.3, -0.25) is 4.68 Å². The second-order valence-corrected chi connectivity index (χ2v) is 5.71. The molecule has 0 radical (unpaired) electrons. The van der Waals surface area contributed by atoms with Crippen molar-refractivity contribution in [3.05, 3.63) is 17.5 Å². The number of aromatic nitrogens is 2. The van der Waals surface area contributed by atoms with Gasteiger partial charge in [0.15, 0.2) is 0 Å². The Morgan fingerprint density at radius 2 is 1.68 bits per heavy atom. The minimum Gasteiger partial charge on any atom is -0.324 e. The fourth-order valence-electron chi connectivity index (χ4n) is 2.64. The Bertz CT molecular complexity index is 344. The average molecular weight is 265 g/mol. The topological polar surface area (TPSA) is 43.8 Å². The lowest BCUT2D eigenvalue weighted by molar-refractivity contribution is 0.535. The maximum absolute atomic E-state index is 6.24. The van der Waals surface area contributed by atoms with Gasteiger partial charge < -0.3 is 5.73 Å². The van der Waals surface area contributed by atoms with Crippen molar-refractivity contribution in [2.45, 2.75) is 77.7 Å². The third-order valence-corrected chi connectivity index (χ3v) is 3.82. The van der Waals surface area contributed by atoms with Gasteiger partial charge in [-0.1, -0.05) is 58.3 Å². The maximum atomic E-state index is 6.24. The molecule has 0 fully saturated rings. The van der Waals surface area contributed by atoms with Crippen molar-refractivity contribution in [2.75, 3.05) is 0 Å². The molecule has 1 heterocycles. The van der Waals surface area contributed by atoms with E-state index in [1.54, 1.807) is 0 Å². The summed E-state index contributed by atoms with van der Waals surface area (Å²) >= 11 is 0. The highest BCUT2D eigenvalue weighted by Gasteiger charge is 2.11. The van der Waals surface area contributed by atoms with Crippen LogP contribution in [0.1, 0.15) is 82.0 Å². The van der Waals surface area contributed by atoms with E-state index in [0.29, 0.717) is 0 Å². The molecule has 1 atom stereocenters. The van der Waals surface area contributed by atoms with E-state index in [1.807, 2.05) is 18.7 Å². The van der Waals surface area contributed by atoms with E-state index < -0.39 is 0 Å². The summed E-state index contributed by atoms with van der Waals surface area (Å²) in [6.45, 7) is 4.31. The third-order valence-electron chi connectivity index (χ3n) is 3.82. The minimum atomic E-state index is 0.161. The average Bonchev–Trinajstić information content (AvgIpc) is 2.71. The lowest BCUT2D eigenvalue weighted by Crippen LogP contribution is -2.10. The number of hydrogen-bond acceptors (Lipinski definition) is 2. The van der Waals surface area contributed by atoms with Gasteiger partial charge in [0, 0.05) is 24.8 Å². The Balaban J connectivity index is 2.08. The molecule has 3 nitrogen and oxygen atoms in total. The number of unbranched alkanes of at least 4 members (excludes halogenated alkanes) is 7. The Hall–Kier alpha value is -0.830. The van der Waals surface area contributed by atoms with Crippen LogP contribution in [0.3, 0.4) is 0 Å². The van der Waals surface area contributed by atoms with Crippen LogP contribution in [0.2, 0.25) is 0 Å². The summed E-state index contributed by atoms with van der Waals surface area (Å²) in [5.74, 6) is 0. The molecule has 19 heavy (non-hydrogen) atoms. The van der Waals surface area contributed by atoms with Crippen LogP contribution in [0.5, 0.6) is 0 Å². The van der Waals surface area contributed by atoms with E-state index in [0.717, 1.165) is 12.1 Å². The largest absolute Gasteiger partial charge is 0.324 e. The summed E-state index contributed by atoms with van der Waals surface area (Å²) in [7, 11) is 1.96. The van der Waals surface area contributed by atoms with Crippen LogP contribution in [0.15, 0.2) is 6.20 Å². The molecule has 1 aromatic heterocycles. The van der Waals surface area contributed by atoms with Gasteiger partial charge in [0.25, 0.3) is 0 Å². The zero-order chi connectivity index (χ0) is 14.1. The number of aryl methyl sites for hydroxylation is 2. The summed E-state index contributed by atoms with van der Waals surface area (Å²) in [6.07, 6.45) is 14.0. The van der Waals surface area contributed by atoms with E-state index >= 15 is 0 Å². The van der Waals surface area contributed by atoms with Crippen LogP contribution in [-0.2, 0) is 7.05 Å². The lowest BCUT2D eigenvalue weighted by Gasteiger charge is -2.10. The van der Waals surface area contributed by atoms with Gasteiger partial charge in [-0.25, -0.2) is 0 Å². The molecule has 0 aliphatic carbocycles. The monoisotopic (exact) mass is 265 g/mol. The molecule has 0 saturated heterocycles.